The molecule has 2 unspecified atom stereocenters. The summed E-state index contributed by atoms with van der Waals surface area (Å²) in [4.78, 5) is 5.81. The Balaban J connectivity index is 2.29. The number of benzene rings is 1. The van der Waals surface area contributed by atoms with Gasteiger partial charge < -0.3 is 16.2 Å². The summed E-state index contributed by atoms with van der Waals surface area (Å²) in [7, 11) is 3.74. The van der Waals surface area contributed by atoms with Crippen molar-refractivity contribution >= 4 is 39.6 Å². The number of hydrogen-bond acceptors (Lipinski definition) is 5. The Morgan fingerprint density at radius 1 is 1.39 bits per heavy atom. The minimum Gasteiger partial charge on any atom is -0.396 e. The van der Waals surface area contributed by atoms with Crippen molar-refractivity contribution in [2.75, 3.05) is 32.2 Å². The van der Waals surface area contributed by atoms with E-state index in [4.69, 9.17) is 27.8 Å². The number of rotatable bonds is 5. The number of aromatic nitrogens is 1. The summed E-state index contributed by atoms with van der Waals surface area (Å²) in [6.07, 6.45) is 1.16. The average molecular weight is 337 g/mol. The molecule has 1 aliphatic rings. The lowest BCUT2D eigenvalue weighted by Crippen LogP contribution is -3.05. The van der Waals surface area contributed by atoms with Crippen LogP contribution in [0.5, 0.6) is 0 Å². The Hall–Kier alpha value is -1.60. The van der Waals surface area contributed by atoms with Gasteiger partial charge in [0, 0.05) is 19.2 Å². The smallest absolute Gasteiger partial charge is 0.173 e. The molecule has 6 nitrogen and oxygen atoms in total. The van der Waals surface area contributed by atoms with Gasteiger partial charge in [-0.05, 0) is 12.5 Å². The highest BCUT2D eigenvalue weighted by atomic mass is 35.5. The van der Waals surface area contributed by atoms with Crippen molar-refractivity contribution < 1.29 is 9.64 Å². The van der Waals surface area contributed by atoms with Crippen LogP contribution in [-0.4, -0.2) is 25.7 Å². The first-order valence-electron chi connectivity index (χ1n) is 7.77. The van der Waals surface area contributed by atoms with E-state index >= 15 is 0 Å². The topological polar surface area (TPSA) is 90.6 Å². The van der Waals surface area contributed by atoms with Crippen LogP contribution in [0.15, 0.2) is 6.07 Å². The molecule has 6 N–H and O–H groups in total. The number of nitrogens with zero attached hydrogens (tertiary/aromatic N) is 1. The maximum Gasteiger partial charge on any atom is 0.173 e. The van der Waals surface area contributed by atoms with Gasteiger partial charge in [0.05, 0.1) is 35.4 Å². The molecular weight excluding hydrogens is 314 g/mol. The van der Waals surface area contributed by atoms with Gasteiger partial charge in [0.2, 0.25) is 0 Å². The summed E-state index contributed by atoms with van der Waals surface area (Å²) in [5.74, 6) is 0. The van der Waals surface area contributed by atoms with E-state index in [2.05, 4.69) is 30.3 Å². The Labute approximate surface area is 140 Å². The number of anilines is 2. The van der Waals surface area contributed by atoms with Gasteiger partial charge in [-0.25, -0.2) is 4.98 Å². The first-order valence-corrected chi connectivity index (χ1v) is 8.15. The number of hydrogen-bond donors (Lipinski definition) is 4. The molecule has 1 aromatic carbocycles. The van der Waals surface area contributed by atoms with Crippen LogP contribution < -0.4 is 21.7 Å². The molecule has 0 saturated carbocycles. The zero-order valence-corrected chi connectivity index (χ0v) is 14.4. The van der Waals surface area contributed by atoms with Crippen LogP contribution in [0, 0.1) is 0 Å². The zero-order chi connectivity index (χ0) is 16.7. The highest BCUT2D eigenvalue weighted by Crippen LogP contribution is 2.44. The van der Waals surface area contributed by atoms with Crippen LogP contribution in [0.4, 0.5) is 17.1 Å². The van der Waals surface area contributed by atoms with Gasteiger partial charge in [0.1, 0.15) is 11.2 Å². The Kier molecular flexibility index (Phi) is 4.33. The second kappa shape index (κ2) is 6.13. The fourth-order valence-corrected chi connectivity index (χ4v) is 3.54. The van der Waals surface area contributed by atoms with Crippen molar-refractivity contribution in [3.8, 4) is 0 Å². The maximum absolute atomic E-state index is 6.36. The minimum atomic E-state index is 0.103. The Bertz CT molecular complexity index is 764. The average Bonchev–Trinajstić information content (AvgIpc) is 2.81. The second-order valence-electron chi connectivity index (χ2n) is 5.95. The maximum atomic E-state index is 6.36. The Morgan fingerprint density at radius 2 is 2.13 bits per heavy atom. The van der Waals surface area contributed by atoms with Crippen LogP contribution in [0.1, 0.15) is 30.8 Å². The summed E-state index contributed by atoms with van der Waals surface area (Å²) in [5.41, 5.74) is 17.1. The molecule has 0 bridgehead atoms. The van der Waals surface area contributed by atoms with E-state index in [0.29, 0.717) is 28.5 Å². The highest BCUT2D eigenvalue weighted by Gasteiger charge is 2.38. The number of nitrogen functional groups attached to an aromatic ring is 2. The van der Waals surface area contributed by atoms with Crippen LogP contribution in [-0.2, 0) is 11.3 Å². The number of methoxy groups -OCH3 is 1. The molecule has 0 fully saturated rings. The molecule has 23 heavy (non-hydrogen) atoms. The summed E-state index contributed by atoms with van der Waals surface area (Å²) in [6.45, 7) is 3.49. The number of nitrogens with two attached hydrogens (primary N) is 2. The lowest BCUT2D eigenvalue weighted by atomic mass is 10.1. The Morgan fingerprint density at radius 3 is 2.78 bits per heavy atom. The van der Waals surface area contributed by atoms with Crippen molar-refractivity contribution in [3.05, 3.63) is 22.3 Å². The number of quaternary nitrogens is 1. The van der Waals surface area contributed by atoms with Crippen molar-refractivity contribution in [1.29, 1.82) is 0 Å². The molecule has 3 rings (SSSR count). The van der Waals surface area contributed by atoms with Crippen molar-refractivity contribution in [1.82, 2.24) is 10.3 Å². The fraction of sp³-hybridized carbons (Fsp3) is 0.438. The van der Waals surface area contributed by atoms with Crippen LogP contribution in [0.2, 0.25) is 5.02 Å². The monoisotopic (exact) mass is 336 g/mol. The van der Waals surface area contributed by atoms with E-state index in [-0.39, 0.29) is 6.17 Å². The summed E-state index contributed by atoms with van der Waals surface area (Å²) >= 11 is 6.36. The SMILES string of the molecule is CCCNC1c2cc(COC)nc3c(N)c(Cl)c(N)c(c23)[NH+]1C. The van der Waals surface area contributed by atoms with Crippen LogP contribution in [0.3, 0.4) is 0 Å². The number of ether oxygens (including phenoxy) is 1. The van der Waals surface area contributed by atoms with Crippen LogP contribution >= 0.6 is 11.6 Å². The second-order valence-corrected chi connectivity index (χ2v) is 6.32. The molecule has 1 aliphatic heterocycles. The largest absolute Gasteiger partial charge is 0.396 e. The molecule has 7 heteroatoms. The van der Waals surface area contributed by atoms with E-state index < -0.39 is 0 Å². The molecule has 2 atom stereocenters. The van der Waals surface area contributed by atoms with E-state index in [9.17, 15) is 0 Å². The van der Waals surface area contributed by atoms with Crippen LogP contribution in [0.25, 0.3) is 10.9 Å². The summed E-state index contributed by atoms with van der Waals surface area (Å²) in [5, 5.41) is 4.97. The van der Waals surface area contributed by atoms with Gasteiger partial charge in [-0.1, -0.05) is 18.5 Å². The lowest BCUT2D eigenvalue weighted by Gasteiger charge is -2.20. The van der Waals surface area contributed by atoms with Crippen molar-refractivity contribution in [3.63, 3.8) is 0 Å². The molecule has 2 aromatic rings. The standard InChI is InChI=1S/C16H22ClN5O/c1-4-5-20-16-9-6-8(7-23-3)21-14-10(9)15(22(16)2)13(19)11(17)12(14)18/h6,16,20H,4-5,7,18-19H2,1-3H3/p+1. The first kappa shape index (κ1) is 16.3. The van der Waals surface area contributed by atoms with E-state index in [1.807, 2.05) is 0 Å². The van der Waals surface area contributed by atoms with Crippen molar-refractivity contribution in [2.45, 2.75) is 26.1 Å². The molecule has 1 aromatic heterocycles. The molecule has 124 valence electrons. The number of pyridine rings is 1. The van der Waals surface area contributed by atoms with Gasteiger partial charge in [-0.15, -0.1) is 0 Å². The van der Waals surface area contributed by atoms with Gasteiger partial charge in [0.25, 0.3) is 0 Å². The summed E-state index contributed by atoms with van der Waals surface area (Å²) in [6, 6.07) is 2.08. The number of nitrogens with one attached hydrogen (secondary N) is 2. The molecule has 0 aliphatic carbocycles. The van der Waals surface area contributed by atoms with Gasteiger partial charge in [0.15, 0.2) is 11.9 Å². The third-order valence-corrected chi connectivity index (χ3v) is 4.79. The van der Waals surface area contributed by atoms with Gasteiger partial charge in [-0.2, -0.15) is 0 Å². The quantitative estimate of drug-likeness (QED) is 0.619. The van der Waals surface area contributed by atoms with Crippen molar-refractivity contribution in [2.24, 2.45) is 0 Å². The summed E-state index contributed by atoms with van der Waals surface area (Å²) < 4.78 is 5.24. The molecule has 0 amide bonds. The third kappa shape index (κ3) is 2.42. The highest BCUT2D eigenvalue weighted by molar-refractivity contribution is 6.38. The molecule has 0 spiro atoms. The normalized spacial score (nSPS) is 19.7. The fourth-order valence-electron chi connectivity index (χ4n) is 3.36. The van der Waals surface area contributed by atoms with E-state index in [1.165, 1.54) is 0 Å². The minimum absolute atomic E-state index is 0.103. The first-order chi connectivity index (χ1) is 11.0. The third-order valence-electron chi connectivity index (χ3n) is 4.38. The molecule has 2 heterocycles. The predicted molar refractivity (Wildman–Crippen MR) is 93.9 cm³/mol. The molecular formula is C16H23ClN5O+. The lowest BCUT2D eigenvalue weighted by molar-refractivity contribution is -0.844. The van der Waals surface area contributed by atoms with E-state index in [0.717, 1.165) is 40.2 Å². The number of halogens is 1. The van der Waals surface area contributed by atoms with Gasteiger partial charge in [-0.3, -0.25) is 10.2 Å². The molecule has 0 radical (unpaired) electrons. The van der Waals surface area contributed by atoms with E-state index in [1.54, 1.807) is 7.11 Å². The molecule has 0 saturated heterocycles. The van der Waals surface area contributed by atoms with Gasteiger partial charge >= 0.3 is 0 Å². The zero-order valence-electron chi connectivity index (χ0n) is 13.7. The predicted octanol–water partition coefficient (Wildman–Crippen LogP) is 1.36.